The van der Waals surface area contributed by atoms with Gasteiger partial charge in [0.25, 0.3) is 5.91 Å². The zero-order chi connectivity index (χ0) is 24.7. The van der Waals surface area contributed by atoms with Crippen molar-refractivity contribution in [2.45, 2.75) is 12.8 Å². The lowest BCUT2D eigenvalue weighted by atomic mass is 10.0. The van der Waals surface area contributed by atoms with E-state index in [-0.39, 0.29) is 31.3 Å². The summed E-state index contributed by atoms with van der Waals surface area (Å²) in [6, 6.07) is 13.8. The number of methoxy groups -OCH3 is 1. The largest absolute Gasteiger partial charge is 0.498 e. The lowest BCUT2D eigenvalue weighted by Crippen LogP contribution is -2.31. The molecule has 2 aromatic carbocycles. The number of hydrogen-bond donors (Lipinski definition) is 3. The van der Waals surface area contributed by atoms with Gasteiger partial charge in [0.15, 0.2) is 0 Å². The number of anilines is 1. The molecule has 0 radical (unpaired) electrons. The Bertz CT molecular complexity index is 1140. The van der Waals surface area contributed by atoms with Crippen LogP contribution in [-0.4, -0.2) is 49.2 Å². The molecule has 1 heterocycles. The number of benzene rings is 2. The first-order chi connectivity index (χ1) is 16.3. The number of amidine groups is 1. The van der Waals surface area contributed by atoms with E-state index in [1.807, 2.05) is 12.1 Å². The van der Waals surface area contributed by atoms with E-state index < -0.39 is 12.1 Å². The summed E-state index contributed by atoms with van der Waals surface area (Å²) in [4.78, 5) is 37.2. The molecule has 2 amide bonds. The summed E-state index contributed by atoms with van der Waals surface area (Å²) >= 11 is 0. The second-order valence-electron chi connectivity index (χ2n) is 7.42. The minimum Gasteiger partial charge on any atom is -0.498 e. The van der Waals surface area contributed by atoms with Crippen molar-refractivity contribution in [3.05, 3.63) is 83.6 Å². The lowest BCUT2D eigenvalue weighted by molar-refractivity contribution is -0.137. The van der Waals surface area contributed by atoms with E-state index in [2.05, 4.69) is 11.9 Å². The Hall–Kier alpha value is -4.40. The number of ether oxygens (including phenoxy) is 2. The number of carboxylic acids is 1. The van der Waals surface area contributed by atoms with Crippen LogP contribution in [0.5, 0.6) is 0 Å². The maximum atomic E-state index is 13.2. The average molecular weight is 463 g/mol. The molecule has 9 nitrogen and oxygen atoms in total. The topological polar surface area (TPSA) is 129 Å². The highest BCUT2D eigenvalue weighted by molar-refractivity contribution is 6.29. The van der Waals surface area contributed by atoms with Crippen LogP contribution in [0.1, 0.15) is 23.1 Å². The number of rotatable bonds is 9. The first kappa shape index (κ1) is 24.2. The quantitative estimate of drug-likeness (QED) is 0.297. The number of carbonyl (C=O) groups is 3. The smallest absolute Gasteiger partial charge is 0.413 e. The molecule has 0 aromatic heterocycles. The Balaban J connectivity index is 1.72. The number of amides is 2. The molecule has 0 saturated carbocycles. The Morgan fingerprint density at radius 2 is 1.85 bits per heavy atom. The van der Waals surface area contributed by atoms with Crippen molar-refractivity contribution in [3.8, 4) is 0 Å². The maximum Gasteiger partial charge on any atom is 0.413 e. The number of aryl methyl sites for hydroxylation is 1. The third-order valence-corrected chi connectivity index (χ3v) is 5.18. The maximum absolute atomic E-state index is 13.2. The molecule has 176 valence electrons. The Kier molecular flexibility index (Phi) is 7.81. The van der Waals surface area contributed by atoms with Gasteiger partial charge in [0.2, 0.25) is 0 Å². The first-order valence-corrected chi connectivity index (χ1v) is 10.5. The highest BCUT2D eigenvalue weighted by Gasteiger charge is 2.33. The fourth-order valence-corrected chi connectivity index (χ4v) is 3.45. The normalized spacial score (nSPS) is 13.0. The van der Waals surface area contributed by atoms with Crippen LogP contribution in [0.4, 0.5) is 10.5 Å². The van der Waals surface area contributed by atoms with E-state index in [1.165, 1.54) is 13.2 Å². The SMILES string of the molecule is C=CCOC(=O)NC(=N)c1ccc(N2CC(OC)=C(c3ccc(CCC(=O)O)cc3)C2=O)cc1. The van der Waals surface area contributed by atoms with E-state index in [0.29, 0.717) is 34.6 Å². The fraction of sp³-hybridized carbons (Fsp3) is 0.200. The van der Waals surface area contributed by atoms with Crippen LogP contribution in [0.15, 0.2) is 66.9 Å². The molecule has 0 saturated heterocycles. The van der Waals surface area contributed by atoms with Crippen LogP contribution >= 0.6 is 0 Å². The van der Waals surface area contributed by atoms with Crippen LogP contribution in [-0.2, 0) is 25.5 Å². The van der Waals surface area contributed by atoms with Gasteiger partial charge in [-0.15, -0.1) is 0 Å². The van der Waals surface area contributed by atoms with Gasteiger partial charge in [-0.1, -0.05) is 36.9 Å². The highest BCUT2D eigenvalue weighted by Crippen LogP contribution is 2.32. The van der Waals surface area contributed by atoms with Crippen LogP contribution in [0.3, 0.4) is 0 Å². The summed E-state index contributed by atoms with van der Waals surface area (Å²) in [7, 11) is 1.51. The summed E-state index contributed by atoms with van der Waals surface area (Å²) in [5.74, 6) is -0.705. The fourth-order valence-electron chi connectivity index (χ4n) is 3.45. The minimum atomic E-state index is -0.861. The Morgan fingerprint density at radius 3 is 2.44 bits per heavy atom. The number of hydrogen-bond acceptors (Lipinski definition) is 6. The number of carboxylic acid groups (broad SMARTS) is 1. The molecule has 0 atom stereocenters. The van der Waals surface area contributed by atoms with Crippen molar-refractivity contribution >= 4 is 35.1 Å². The van der Waals surface area contributed by atoms with Crippen molar-refractivity contribution in [1.82, 2.24) is 5.32 Å². The van der Waals surface area contributed by atoms with E-state index in [9.17, 15) is 14.4 Å². The van der Waals surface area contributed by atoms with Crippen molar-refractivity contribution in [1.29, 1.82) is 5.41 Å². The highest BCUT2D eigenvalue weighted by atomic mass is 16.5. The molecule has 34 heavy (non-hydrogen) atoms. The third-order valence-electron chi connectivity index (χ3n) is 5.18. The van der Waals surface area contributed by atoms with Gasteiger partial charge in [-0.25, -0.2) is 4.79 Å². The number of nitrogens with one attached hydrogen (secondary N) is 2. The van der Waals surface area contributed by atoms with Crippen molar-refractivity contribution in [2.75, 3.05) is 25.2 Å². The van der Waals surface area contributed by atoms with Gasteiger partial charge in [0, 0.05) is 17.7 Å². The summed E-state index contributed by atoms with van der Waals surface area (Å²) in [6.45, 7) is 3.74. The second-order valence-corrected chi connectivity index (χ2v) is 7.42. The van der Waals surface area contributed by atoms with Gasteiger partial charge < -0.3 is 19.5 Å². The molecular formula is C25H25N3O6. The van der Waals surface area contributed by atoms with Crippen molar-refractivity contribution in [2.24, 2.45) is 0 Å². The summed E-state index contributed by atoms with van der Waals surface area (Å²) < 4.78 is 10.3. The van der Waals surface area contributed by atoms with Gasteiger partial charge in [0.05, 0.1) is 19.2 Å². The van der Waals surface area contributed by atoms with Crippen LogP contribution in [0.25, 0.3) is 5.57 Å². The van der Waals surface area contributed by atoms with E-state index in [4.69, 9.17) is 20.0 Å². The predicted octanol–water partition coefficient (Wildman–Crippen LogP) is 3.35. The first-order valence-electron chi connectivity index (χ1n) is 10.5. The molecule has 3 rings (SSSR count). The van der Waals surface area contributed by atoms with Crippen molar-refractivity contribution < 1.29 is 29.0 Å². The van der Waals surface area contributed by atoms with Crippen LogP contribution < -0.4 is 10.2 Å². The summed E-state index contributed by atoms with van der Waals surface area (Å²) in [6.07, 6.45) is 1.12. The number of carbonyl (C=O) groups excluding carboxylic acids is 2. The molecule has 0 bridgehead atoms. The van der Waals surface area contributed by atoms with Crippen molar-refractivity contribution in [3.63, 3.8) is 0 Å². The van der Waals surface area contributed by atoms with E-state index >= 15 is 0 Å². The Morgan fingerprint density at radius 1 is 1.18 bits per heavy atom. The molecule has 9 heteroatoms. The third kappa shape index (κ3) is 5.69. The molecule has 0 fully saturated rings. The van der Waals surface area contributed by atoms with Crippen LogP contribution in [0.2, 0.25) is 0 Å². The standard InChI is InChI=1S/C25H25N3O6/c1-3-14-34-25(32)27-23(26)18-9-11-19(12-10-18)28-15-20(33-2)22(24(28)31)17-7-4-16(5-8-17)6-13-21(29)30/h3-5,7-12H,1,6,13-15H2,2H3,(H,29,30)(H2,26,27,32). The number of aliphatic carboxylic acids is 1. The molecule has 0 unspecified atom stereocenters. The molecule has 1 aliphatic heterocycles. The molecule has 2 aromatic rings. The molecular weight excluding hydrogens is 438 g/mol. The van der Waals surface area contributed by atoms with Gasteiger partial charge in [0.1, 0.15) is 18.2 Å². The van der Waals surface area contributed by atoms with E-state index in [0.717, 1.165) is 5.56 Å². The molecule has 3 N–H and O–H groups in total. The van der Waals surface area contributed by atoms with Gasteiger partial charge in [-0.2, -0.15) is 0 Å². The Labute approximate surface area is 196 Å². The molecule has 0 aliphatic carbocycles. The van der Waals surface area contributed by atoms with Gasteiger partial charge in [-0.05, 0) is 41.8 Å². The average Bonchev–Trinajstić information content (AvgIpc) is 3.17. The zero-order valence-corrected chi connectivity index (χ0v) is 18.7. The van der Waals surface area contributed by atoms with E-state index in [1.54, 1.807) is 41.3 Å². The summed E-state index contributed by atoms with van der Waals surface area (Å²) in [5, 5.41) is 19.2. The zero-order valence-electron chi connectivity index (χ0n) is 18.7. The second kappa shape index (κ2) is 11.0. The molecule has 1 aliphatic rings. The summed E-state index contributed by atoms with van der Waals surface area (Å²) in [5.41, 5.74) is 3.05. The molecule has 0 spiro atoms. The van der Waals surface area contributed by atoms with Gasteiger partial charge >= 0.3 is 12.1 Å². The lowest BCUT2D eigenvalue weighted by Gasteiger charge is -2.17. The monoisotopic (exact) mass is 463 g/mol. The van der Waals surface area contributed by atoms with Crippen LogP contribution in [0, 0.1) is 5.41 Å². The number of nitrogens with zero attached hydrogens (tertiary/aromatic N) is 1. The predicted molar refractivity (Wildman–Crippen MR) is 127 cm³/mol. The minimum absolute atomic E-state index is 0.0387. The van der Waals surface area contributed by atoms with Gasteiger partial charge in [-0.3, -0.25) is 20.3 Å². The number of alkyl carbamates (subject to hydrolysis) is 1.